The van der Waals surface area contributed by atoms with Crippen molar-refractivity contribution in [1.29, 1.82) is 0 Å². The van der Waals surface area contributed by atoms with Crippen molar-refractivity contribution in [2.75, 3.05) is 26.8 Å². The van der Waals surface area contributed by atoms with Crippen molar-refractivity contribution in [2.24, 2.45) is 0 Å². The molecule has 96 valence electrons. The lowest BCUT2D eigenvalue weighted by molar-refractivity contribution is 0.128. The predicted octanol–water partition coefficient (Wildman–Crippen LogP) is 3.18. The van der Waals surface area contributed by atoms with E-state index in [2.05, 4.69) is 34.7 Å². The van der Waals surface area contributed by atoms with Gasteiger partial charge in [0.25, 0.3) is 0 Å². The van der Waals surface area contributed by atoms with E-state index in [4.69, 9.17) is 4.74 Å². The van der Waals surface area contributed by atoms with Crippen molar-refractivity contribution in [3.8, 4) is 5.75 Å². The summed E-state index contributed by atoms with van der Waals surface area (Å²) in [5.41, 5.74) is 0.942. The molecule has 1 unspecified atom stereocenters. The molecule has 17 heavy (non-hydrogen) atoms. The van der Waals surface area contributed by atoms with Gasteiger partial charge in [-0.05, 0) is 31.7 Å². The molecule has 1 aromatic carbocycles. The number of phenols is 1. The summed E-state index contributed by atoms with van der Waals surface area (Å²) < 4.78 is 6.09. The molecule has 1 atom stereocenters. The first kappa shape index (κ1) is 14.5. The van der Waals surface area contributed by atoms with Gasteiger partial charge in [-0.3, -0.25) is 4.90 Å². The van der Waals surface area contributed by atoms with Crippen LogP contribution in [0.2, 0.25) is 0 Å². The van der Waals surface area contributed by atoms with Gasteiger partial charge in [-0.1, -0.05) is 22.9 Å². The van der Waals surface area contributed by atoms with E-state index in [1.165, 1.54) is 0 Å². The molecule has 0 saturated carbocycles. The highest BCUT2D eigenvalue weighted by atomic mass is 79.9. The number of rotatable bonds is 6. The highest BCUT2D eigenvalue weighted by molar-refractivity contribution is 9.10. The molecule has 1 N–H and O–H groups in total. The number of aromatic hydroxyl groups is 1. The third-order valence-electron chi connectivity index (χ3n) is 2.98. The summed E-state index contributed by atoms with van der Waals surface area (Å²) >= 11 is 3.43. The molecule has 1 aromatic rings. The summed E-state index contributed by atoms with van der Waals surface area (Å²) in [5, 5.41) is 9.90. The van der Waals surface area contributed by atoms with Gasteiger partial charge in [0, 0.05) is 29.7 Å². The number of hydrogen-bond acceptors (Lipinski definition) is 3. The molecule has 0 fully saturated rings. The van der Waals surface area contributed by atoms with Gasteiger partial charge < -0.3 is 9.84 Å². The zero-order chi connectivity index (χ0) is 12.8. The van der Waals surface area contributed by atoms with Gasteiger partial charge in [0.15, 0.2) is 0 Å². The van der Waals surface area contributed by atoms with E-state index in [-0.39, 0.29) is 6.04 Å². The van der Waals surface area contributed by atoms with E-state index >= 15 is 0 Å². The number of hydrogen-bond donors (Lipinski definition) is 1. The number of benzene rings is 1. The third kappa shape index (κ3) is 3.98. The maximum atomic E-state index is 9.90. The molecule has 0 radical (unpaired) electrons. The van der Waals surface area contributed by atoms with E-state index in [0.717, 1.165) is 23.1 Å². The van der Waals surface area contributed by atoms with Gasteiger partial charge in [-0.25, -0.2) is 0 Å². The van der Waals surface area contributed by atoms with Crippen LogP contribution in [0.1, 0.15) is 25.5 Å². The molecule has 0 aliphatic carbocycles. The van der Waals surface area contributed by atoms with E-state index in [1.807, 2.05) is 12.1 Å². The van der Waals surface area contributed by atoms with E-state index in [0.29, 0.717) is 12.4 Å². The van der Waals surface area contributed by atoms with Crippen LogP contribution < -0.4 is 0 Å². The molecule has 0 aliphatic rings. The summed E-state index contributed by atoms with van der Waals surface area (Å²) in [6, 6.07) is 5.71. The largest absolute Gasteiger partial charge is 0.508 e. The van der Waals surface area contributed by atoms with Gasteiger partial charge in [0.2, 0.25) is 0 Å². The van der Waals surface area contributed by atoms with Crippen LogP contribution >= 0.6 is 15.9 Å². The van der Waals surface area contributed by atoms with Crippen LogP contribution in [0.3, 0.4) is 0 Å². The monoisotopic (exact) mass is 301 g/mol. The van der Waals surface area contributed by atoms with Crippen LogP contribution in [0.4, 0.5) is 0 Å². The zero-order valence-corrected chi connectivity index (χ0v) is 12.2. The molecular formula is C13H20BrNO2. The lowest BCUT2D eigenvalue weighted by atomic mass is 10.1. The lowest BCUT2D eigenvalue weighted by Gasteiger charge is -2.28. The molecule has 4 heteroatoms. The minimum atomic E-state index is 0.174. The average molecular weight is 302 g/mol. The molecule has 0 aliphatic heterocycles. The van der Waals surface area contributed by atoms with Crippen molar-refractivity contribution in [2.45, 2.75) is 19.9 Å². The minimum absolute atomic E-state index is 0.174. The van der Waals surface area contributed by atoms with Gasteiger partial charge in [-0.15, -0.1) is 0 Å². The molecule has 0 saturated heterocycles. The summed E-state index contributed by atoms with van der Waals surface area (Å²) in [5.74, 6) is 0.344. The van der Waals surface area contributed by atoms with E-state index in [1.54, 1.807) is 13.2 Å². The number of likely N-dealkylation sites (N-methyl/N-ethyl adjacent to an activating group) is 1. The first-order valence-electron chi connectivity index (χ1n) is 5.81. The van der Waals surface area contributed by atoms with E-state index < -0.39 is 0 Å². The number of ether oxygens (including phenoxy) is 1. The van der Waals surface area contributed by atoms with Crippen LogP contribution in [-0.4, -0.2) is 36.8 Å². The fourth-order valence-corrected chi connectivity index (χ4v) is 2.27. The van der Waals surface area contributed by atoms with Crippen LogP contribution in [0, 0.1) is 0 Å². The topological polar surface area (TPSA) is 32.7 Å². The number of methoxy groups -OCH3 is 1. The Kier molecular flexibility index (Phi) is 5.95. The Morgan fingerprint density at radius 1 is 1.47 bits per heavy atom. The Labute approximate surface area is 112 Å². The molecule has 0 aromatic heterocycles. The maximum absolute atomic E-state index is 9.90. The number of halogens is 1. The lowest BCUT2D eigenvalue weighted by Crippen LogP contribution is -2.30. The second kappa shape index (κ2) is 6.99. The summed E-state index contributed by atoms with van der Waals surface area (Å²) in [6.07, 6.45) is 0. The minimum Gasteiger partial charge on any atom is -0.508 e. The average Bonchev–Trinajstić information content (AvgIpc) is 2.33. The van der Waals surface area contributed by atoms with Crippen molar-refractivity contribution < 1.29 is 9.84 Å². The fraction of sp³-hybridized carbons (Fsp3) is 0.538. The second-order valence-electron chi connectivity index (χ2n) is 4.00. The normalized spacial score (nSPS) is 13.0. The summed E-state index contributed by atoms with van der Waals surface area (Å²) in [7, 11) is 1.70. The summed E-state index contributed by atoms with van der Waals surface area (Å²) in [4.78, 5) is 2.27. The van der Waals surface area contributed by atoms with Crippen molar-refractivity contribution >= 4 is 15.9 Å². The first-order chi connectivity index (χ1) is 8.10. The van der Waals surface area contributed by atoms with Crippen molar-refractivity contribution in [1.82, 2.24) is 4.90 Å². The van der Waals surface area contributed by atoms with Gasteiger partial charge >= 0.3 is 0 Å². The Bertz CT molecular complexity index is 357. The van der Waals surface area contributed by atoms with Crippen LogP contribution in [0.5, 0.6) is 5.75 Å². The van der Waals surface area contributed by atoms with Gasteiger partial charge in [-0.2, -0.15) is 0 Å². The van der Waals surface area contributed by atoms with Crippen LogP contribution in [0.15, 0.2) is 22.7 Å². The smallest absolute Gasteiger partial charge is 0.120 e. The molecule has 0 bridgehead atoms. The van der Waals surface area contributed by atoms with Crippen LogP contribution in [0.25, 0.3) is 0 Å². The highest BCUT2D eigenvalue weighted by Crippen LogP contribution is 2.30. The SMILES string of the molecule is CCN(CCOC)C(C)c1cc(Br)ccc1O. The summed E-state index contributed by atoms with van der Waals surface area (Å²) in [6.45, 7) is 6.70. The molecule has 0 amide bonds. The molecule has 1 rings (SSSR count). The number of phenolic OH excluding ortho intramolecular Hbond substituents is 1. The van der Waals surface area contributed by atoms with Gasteiger partial charge in [0.05, 0.1) is 6.61 Å². The Morgan fingerprint density at radius 3 is 2.76 bits per heavy atom. The Morgan fingerprint density at radius 2 is 2.18 bits per heavy atom. The molecule has 0 heterocycles. The molecule has 3 nitrogen and oxygen atoms in total. The van der Waals surface area contributed by atoms with Crippen LogP contribution in [-0.2, 0) is 4.74 Å². The second-order valence-corrected chi connectivity index (χ2v) is 4.92. The highest BCUT2D eigenvalue weighted by Gasteiger charge is 2.17. The van der Waals surface area contributed by atoms with Gasteiger partial charge in [0.1, 0.15) is 5.75 Å². The number of nitrogens with zero attached hydrogens (tertiary/aromatic N) is 1. The third-order valence-corrected chi connectivity index (χ3v) is 3.47. The Balaban J connectivity index is 2.85. The fourth-order valence-electron chi connectivity index (χ4n) is 1.89. The van der Waals surface area contributed by atoms with E-state index in [9.17, 15) is 5.11 Å². The standard InChI is InChI=1S/C13H20BrNO2/c1-4-15(7-8-17-3)10(2)12-9-11(14)5-6-13(12)16/h5-6,9-10,16H,4,7-8H2,1-3H3. The first-order valence-corrected chi connectivity index (χ1v) is 6.60. The quantitative estimate of drug-likeness (QED) is 0.876. The predicted molar refractivity (Wildman–Crippen MR) is 73.3 cm³/mol. The maximum Gasteiger partial charge on any atom is 0.120 e. The molecular weight excluding hydrogens is 282 g/mol. The molecule has 0 spiro atoms. The van der Waals surface area contributed by atoms with Crippen molar-refractivity contribution in [3.63, 3.8) is 0 Å². The zero-order valence-electron chi connectivity index (χ0n) is 10.6. The Hall–Kier alpha value is -0.580. The van der Waals surface area contributed by atoms with Crippen molar-refractivity contribution in [3.05, 3.63) is 28.2 Å².